The minimum atomic E-state index is 0.660. The highest BCUT2D eigenvalue weighted by molar-refractivity contribution is 5.00. The molecule has 0 saturated heterocycles. The second-order valence-corrected chi connectivity index (χ2v) is 1.96. The number of rotatable bonds is 3. The molecule has 0 rings (SSSR count). The lowest BCUT2D eigenvalue weighted by atomic mass is 10.1. The standard InChI is InChI=1S/C8H13N/c1-3-8(4-2)6-5-7-9/h3H,4-6H2,1-2H3/b8-3+. The molecule has 0 aromatic carbocycles. The van der Waals surface area contributed by atoms with Gasteiger partial charge in [0, 0.05) is 6.42 Å². The third kappa shape index (κ3) is 3.78. The van der Waals surface area contributed by atoms with Gasteiger partial charge in [-0.05, 0) is 19.8 Å². The Hall–Kier alpha value is -0.770. The van der Waals surface area contributed by atoms with E-state index in [9.17, 15) is 0 Å². The molecular weight excluding hydrogens is 110 g/mol. The molecule has 0 aliphatic carbocycles. The summed E-state index contributed by atoms with van der Waals surface area (Å²) >= 11 is 0. The second-order valence-electron chi connectivity index (χ2n) is 1.96. The Morgan fingerprint density at radius 1 is 1.67 bits per heavy atom. The molecule has 0 aromatic heterocycles. The molecule has 1 nitrogen and oxygen atoms in total. The predicted octanol–water partition coefficient (Wildman–Crippen LogP) is 2.65. The quantitative estimate of drug-likeness (QED) is 0.529. The average Bonchev–Trinajstić information content (AvgIpc) is 1.91. The van der Waals surface area contributed by atoms with E-state index in [1.807, 2.05) is 6.92 Å². The van der Waals surface area contributed by atoms with Crippen LogP contribution in [-0.2, 0) is 0 Å². The molecule has 9 heavy (non-hydrogen) atoms. The van der Waals surface area contributed by atoms with E-state index in [1.54, 1.807) is 0 Å². The molecule has 0 amide bonds. The van der Waals surface area contributed by atoms with Gasteiger partial charge in [0.25, 0.3) is 0 Å². The van der Waals surface area contributed by atoms with Crippen LogP contribution in [0, 0.1) is 11.3 Å². The summed E-state index contributed by atoms with van der Waals surface area (Å²) < 4.78 is 0. The molecule has 0 N–H and O–H groups in total. The van der Waals surface area contributed by atoms with E-state index in [0.717, 1.165) is 12.8 Å². The number of nitriles is 1. The first kappa shape index (κ1) is 8.23. The summed E-state index contributed by atoms with van der Waals surface area (Å²) in [6, 6.07) is 2.13. The molecule has 0 fully saturated rings. The van der Waals surface area contributed by atoms with Crippen molar-refractivity contribution in [2.24, 2.45) is 0 Å². The largest absolute Gasteiger partial charge is 0.198 e. The lowest BCUT2D eigenvalue weighted by Gasteiger charge is -1.96. The van der Waals surface area contributed by atoms with Crippen molar-refractivity contribution in [3.63, 3.8) is 0 Å². The Balaban J connectivity index is 3.48. The number of allylic oxidation sites excluding steroid dienone is 2. The van der Waals surface area contributed by atoms with Crippen LogP contribution in [0.5, 0.6) is 0 Å². The maximum Gasteiger partial charge on any atom is 0.0625 e. The van der Waals surface area contributed by atoms with Crippen molar-refractivity contribution < 1.29 is 0 Å². The van der Waals surface area contributed by atoms with Crippen LogP contribution in [0.4, 0.5) is 0 Å². The molecule has 1 heteroatoms. The topological polar surface area (TPSA) is 23.8 Å². The molecule has 0 bridgehead atoms. The highest BCUT2D eigenvalue weighted by Crippen LogP contribution is 2.07. The fourth-order valence-corrected chi connectivity index (χ4v) is 0.742. The van der Waals surface area contributed by atoms with Gasteiger partial charge in [0.1, 0.15) is 0 Å². The van der Waals surface area contributed by atoms with Crippen LogP contribution in [-0.4, -0.2) is 0 Å². The van der Waals surface area contributed by atoms with Crippen molar-refractivity contribution in [2.45, 2.75) is 33.1 Å². The van der Waals surface area contributed by atoms with Crippen LogP contribution in [0.2, 0.25) is 0 Å². The molecule has 0 unspecified atom stereocenters. The maximum absolute atomic E-state index is 8.23. The highest BCUT2D eigenvalue weighted by Gasteiger charge is 1.89. The van der Waals surface area contributed by atoms with Gasteiger partial charge < -0.3 is 0 Å². The molecule has 0 saturated carbocycles. The summed E-state index contributed by atoms with van der Waals surface area (Å²) in [5.74, 6) is 0. The highest BCUT2D eigenvalue weighted by atomic mass is 14.2. The van der Waals surface area contributed by atoms with Crippen molar-refractivity contribution in [3.8, 4) is 6.07 Å². The lowest BCUT2D eigenvalue weighted by Crippen LogP contribution is -1.78. The Bertz CT molecular complexity index is 128. The zero-order chi connectivity index (χ0) is 7.11. The molecule has 0 aliphatic rings. The number of hydrogen-bond donors (Lipinski definition) is 0. The monoisotopic (exact) mass is 123 g/mol. The number of hydrogen-bond acceptors (Lipinski definition) is 1. The minimum Gasteiger partial charge on any atom is -0.198 e. The zero-order valence-corrected chi connectivity index (χ0v) is 6.15. The molecule has 0 spiro atoms. The first-order chi connectivity index (χ1) is 4.35. The third-order valence-electron chi connectivity index (χ3n) is 1.42. The predicted molar refractivity (Wildman–Crippen MR) is 38.9 cm³/mol. The normalized spacial score (nSPS) is 11.0. The summed E-state index contributed by atoms with van der Waals surface area (Å²) in [5, 5.41) is 8.23. The number of nitrogens with zero attached hydrogens (tertiary/aromatic N) is 1. The van der Waals surface area contributed by atoms with Crippen molar-refractivity contribution in [2.75, 3.05) is 0 Å². The van der Waals surface area contributed by atoms with Gasteiger partial charge in [-0.1, -0.05) is 18.6 Å². The van der Waals surface area contributed by atoms with Crippen LogP contribution >= 0.6 is 0 Å². The summed E-state index contributed by atoms with van der Waals surface area (Å²) in [6.07, 6.45) is 4.78. The Labute approximate surface area is 57.0 Å². The molecule has 0 radical (unpaired) electrons. The van der Waals surface area contributed by atoms with Crippen molar-refractivity contribution in [3.05, 3.63) is 11.6 Å². The van der Waals surface area contributed by atoms with Crippen molar-refractivity contribution >= 4 is 0 Å². The molecular formula is C8H13N. The molecule has 0 aromatic rings. The first-order valence-corrected chi connectivity index (χ1v) is 3.36. The first-order valence-electron chi connectivity index (χ1n) is 3.36. The fourth-order valence-electron chi connectivity index (χ4n) is 0.742. The van der Waals surface area contributed by atoms with E-state index in [-0.39, 0.29) is 0 Å². The van der Waals surface area contributed by atoms with Crippen LogP contribution in [0.15, 0.2) is 11.6 Å². The van der Waals surface area contributed by atoms with Gasteiger partial charge in [-0.3, -0.25) is 0 Å². The zero-order valence-electron chi connectivity index (χ0n) is 6.15. The van der Waals surface area contributed by atoms with Crippen LogP contribution in [0.1, 0.15) is 33.1 Å². The van der Waals surface area contributed by atoms with Crippen molar-refractivity contribution in [1.29, 1.82) is 5.26 Å². The third-order valence-corrected chi connectivity index (χ3v) is 1.42. The summed E-state index contributed by atoms with van der Waals surface area (Å²) in [7, 11) is 0. The lowest BCUT2D eigenvalue weighted by molar-refractivity contribution is 0.911. The fraction of sp³-hybridized carbons (Fsp3) is 0.625. The molecule has 0 atom stereocenters. The van der Waals surface area contributed by atoms with Crippen LogP contribution in [0.25, 0.3) is 0 Å². The van der Waals surface area contributed by atoms with Gasteiger partial charge in [-0.25, -0.2) is 0 Å². The van der Waals surface area contributed by atoms with Crippen molar-refractivity contribution in [1.82, 2.24) is 0 Å². The van der Waals surface area contributed by atoms with E-state index in [2.05, 4.69) is 19.1 Å². The smallest absolute Gasteiger partial charge is 0.0625 e. The van der Waals surface area contributed by atoms with E-state index in [4.69, 9.17) is 5.26 Å². The van der Waals surface area contributed by atoms with E-state index >= 15 is 0 Å². The summed E-state index contributed by atoms with van der Waals surface area (Å²) in [4.78, 5) is 0. The van der Waals surface area contributed by atoms with E-state index in [1.165, 1.54) is 5.57 Å². The Kier molecular flexibility index (Phi) is 4.91. The molecule has 0 aliphatic heterocycles. The maximum atomic E-state index is 8.23. The van der Waals surface area contributed by atoms with Gasteiger partial charge in [0.15, 0.2) is 0 Å². The van der Waals surface area contributed by atoms with Gasteiger partial charge in [0.2, 0.25) is 0 Å². The summed E-state index contributed by atoms with van der Waals surface area (Å²) in [5.41, 5.74) is 1.39. The summed E-state index contributed by atoms with van der Waals surface area (Å²) in [6.45, 7) is 4.14. The Morgan fingerprint density at radius 3 is 2.67 bits per heavy atom. The van der Waals surface area contributed by atoms with Gasteiger partial charge in [-0.15, -0.1) is 0 Å². The Morgan fingerprint density at radius 2 is 2.33 bits per heavy atom. The van der Waals surface area contributed by atoms with Gasteiger partial charge in [-0.2, -0.15) is 5.26 Å². The van der Waals surface area contributed by atoms with E-state index < -0.39 is 0 Å². The van der Waals surface area contributed by atoms with Gasteiger partial charge >= 0.3 is 0 Å². The molecule has 0 heterocycles. The minimum absolute atomic E-state index is 0.660. The van der Waals surface area contributed by atoms with E-state index in [0.29, 0.717) is 6.42 Å². The average molecular weight is 123 g/mol. The van der Waals surface area contributed by atoms with Crippen LogP contribution < -0.4 is 0 Å². The SMILES string of the molecule is C/C=C(\CC)CCC#N. The van der Waals surface area contributed by atoms with Crippen LogP contribution in [0.3, 0.4) is 0 Å². The second kappa shape index (κ2) is 5.37. The molecule has 50 valence electrons. The van der Waals surface area contributed by atoms with Gasteiger partial charge in [0.05, 0.1) is 6.07 Å².